The van der Waals surface area contributed by atoms with Crippen molar-refractivity contribution in [2.45, 2.75) is 25.4 Å². The van der Waals surface area contributed by atoms with Gasteiger partial charge in [-0.15, -0.1) is 0 Å². The van der Waals surface area contributed by atoms with Crippen molar-refractivity contribution < 1.29 is 5.11 Å². The molecule has 1 saturated carbocycles. The molecule has 0 amide bonds. The van der Waals surface area contributed by atoms with Gasteiger partial charge in [0.1, 0.15) is 0 Å². The fraction of sp³-hybridized carbons (Fsp3) is 1.00. The van der Waals surface area contributed by atoms with Crippen LogP contribution in [0.15, 0.2) is 0 Å². The molecular weight excluding hydrogens is 126 g/mol. The molecule has 58 valence electrons. The van der Waals surface area contributed by atoms with Crippen LogP contribution in [0.4, 0.5) is 0 Å². The van der Waals surface area contributed by atoms with Gasteiger partial charge in [-0.3, -0.25) is 0 Å². The van der Waals surface area contributed by atoms with Crippen LogP contribution in [0.5, 0.6) is 0 Å². The second-order valence-electron chi connectivity index (χ2n) is 3.92. The zero-order chi connectivity index (χ0) is 7.19. The zero-order valence-corrected chi connectivity index (χ0v) is 6.43. The maximum absolute atomic E-state index is 9.82. The molecular formula is C8H15NO. The number of hydrogen-bond donors (Lipinski definition) is 2. The molecule has 0 aromatic carbocycles. The quantitative estimate of drug-likeness (QED) is 0.510. The average molecular weight is 141 g/mol. The van der Waals surface area contributed by atoms with Crippen LogP contribution in [0.25, 0.3) is 0 Å². The molecule has 0 bridgehead atoms. The monoisotopic (exact) mass is 141 g/mol. The third kappa shape index (κ3) is 0.789. The summed E-state index contributed by atoms with van der Waals surface area (Å²) < 4.78 is 0. The predicted molar refractivity (Wildman–Crippen MR) is 39.7 cm³/mol. The van der Waals surface area contributed by atoms with Gasteiger partial charge in [0.2, 0.25) is 0 Å². The molecule has 0 aromatic rings. The van der Waals surface area contributed by atoms with Gasteiger partial charge in [0.15, 0.2) is 0 Å². The lowest BCUT2D eigenvalue weighted by Crippen LogP contribution is -2.32. The van der Waals surface area contributed by atoms with Crippen molar-refractivity contribution in [1.29, 1.82) is 0 Å². The van der Waals surface area contributed by atoms with E-state index in [1.54, 1.807) is 0 Å². The van der Waals surface area contributed by atoms with Crippen LogP contribution in [0.1, 0.15) is 19.8 Å². The SMILES string of the molecule is CC1(O)CC[C@H]2CNC[C@H]21. The van der Waals surface area contributed by atoms with E-state index in [-0.39, 0.29) is 5.60 Å². The van der Waals surface area contributed by atoms with Crippen LogP contribution in [0.2, 0.25) is 0 Å². The van der Waals surface area contributed by atoms with E-state index in [0.717, 1.165) is 25.4 Å². The largest absolute Gasteiger partial charge is 0.390 e. The van der Waals surface area contributed by atoms with Crippen molar-refractivity contribution in [1.82, 2.24) is 5.32 Å². The minimum Gasteiger partial charge on any atom is -0.390 e. The van der Waals surface area contributed by atoms with Gasteiger partial charge in [0.05, 0.1) is 5.60 Å². The molecule has 2 rings (SSSR count). The van der Waals surface area contributed by atoms with Gasteiger partial charge in [-0.05, 0) is 32.2 Å². The summed E-state index contributed by atoms with van der Waals surface area (Å²) in [4.78, 5) is 0. The Morgan fingerprint density at radius 1 is 1.50 bits per heavy atom. The van der Waals surface area contributed by atoms with Gasteiger partial charge in [0.25, 0.3) is 0 Å². The first kappa shape index (κ1) is 6.62. The molecule has 1 heterocycles. The minimum atomic E-state index is -0.367. The van der Waals surface area contributed by atoms with Crippen LogP contribution in [0, 0.1) is 11.8 Å². The van der Waals surface area contributed by atoms with E-state index in [0.29, 0.717) is 5.92 Å². The number of aliphatic hydroxyl groups is 1. The topological polar surface area (TPSA) is 32.3 Å². The standard InChI is InChI=1S/C8H15NO/c1-8(10)3-2-6-4-9-5-7(6)8/h6-7,9-10H,2-5H2,1H3/t6-,7+,8?/m0/s1. The Bertz CT molecular complexity index is 144. The molecule has 2 nitrogen and oxygen atoms in total. The first-order chi connectivity index (χ1) is 4.70. The van der Waals surface area contributed by atoms with Crippen LogP contribution in [-0.4, -0.2) is 23.8 Å². The smallest absolute Gasteiger partial charge is 0.0663 e. The molecule has 2 N–H and O–H groups in total. The summed E-state index contributed by atoms with van der Waals surface area (Å²) in [6, 6.07) is 0. The third-order valence-corrected chi connectivity index (χ3v) is 3.16. The molecule has 3 atom stereocenters. The summed E-state index contributed by atoms with van der Waals surface area (Å²) in [6.07, 6.45) is 2.22. The highest BCUT2D eigenvalue weighted by Gasteiger charge is 2.45. The second-order valence-corrected chi connectivity index (χ2v) is 3.92. The molecule has 0 spiro atoms. The molecule has 1 aliphatic heterocycles. The average Bonchev–Trinajstić information content (AvgIpc) is 2.36. The Labute approximate surface area is 61.6 Å². The van der Waals surface area contributed by atoms with Gasteiger partial charge in [-0.2, -0.15) is 0 Å². The van der Waals surface area contributed by atoms with E-state index in [1.165, 1.54) is 6.42 Å². The maximum Gasteiger partial charge on any atom is 0.0663 e. The Kier molecular flexibility index (Phi) is 1.29. The Hall–Kier alpha value is -0.0800. The van der Waals surface area contributed by atoms with Crippen molar-refractivity contribution in [2.24, 2.45) is 11.8 Å². The summed E-state index contributed by atoms with van der Waals surface area (Å²) in [6.45, 7) is 4.13. The molecule has 1 saturated heterocycles. The Morgan fingerprint density at radius 2 is 2.30 bits per heavy atom. The van der Waals surface area contributed by atoms with E-state index < -0.39 is 0 Å². The summed E-state index contributed by atoms with van der Waals surface area (Å²) in [7, 11) is 0. The van der Waals surface area contributed by atoms with Crippen LogP contribution >= 0.6 is 0 Å². The van der Waals surface area contributed by atoms with Crippen molar-refractivity contribution in [3.8, 4) is 0 Å². The van der Waals surface area contributed by atoms with Crippen LogP contribution < -0.4 is 5.32 Å². The minimum absolute atomic E-state index is 0.367. The number of hydrogen-bond acceptors (Lipinski definition) is 2. The molecule has 1 aliphatic carbocycles. The Morgan fingerprint density at radius 3 is 3.00 bits per heavy atom. The molecule has 1 unspecified atom stereocenters. The highest BCUT2D eigenvalue weighted by molar-refractivity contribution is 4.99. The fourth-order valence-corrected chi connectivity index (χ4v) is 2.43. The third-order valence-electron chi connectivity index (χ3n) is 3.16. The molecule has 0 radical (unpaired) electrons. The van der Waals surface area contributed by atoms with E-state index in [4.69, 9.17) is 0 Å². The molecule has 10 heavy (non-hydrogen) atoms. The van der Waals surface area contributed by atoms with Crippen LogP contribution in [0.3, 0.4) is 0 Å². The lowest BCUT2D eigenvalue weighted by molar-refractivity contribution is 0.0218. The maximum atomic E-state index is 9.82. The molecule has 0 aromatic heterocycles. The van der Waals surface area contributed by atoms with E-state index in [1.807, 2.05) is 6.92 Å². The van der Waals surface area contributed by atoms with Gasteiger partial charge < -0.3 is 10.4 Å². The molecule has 2 fully saturated rings. The molecule has 2 aliphatic rings. The number of nitrogens with one attached hydrogen (secondary N) is 1. The number of fused-ring (bicyclic) bond motifs is 1. The van der Waals surface area contributed by atoms with Gasteiger partial charge in [-0.1, -0.05) is 0 Å². The van der Waals surface area contributed by atoms with Crippen molar-refractivity contribution >= 4 is 0 Å². The Balaban J connectivity index is 2.16. The summed E-state index contributed by atoms with van der Waals surface area (Å²) >= 11 is 0. The second kappa shape index (κ2) is 1.95. The van der Waals surface area contributed by atoms with Crippen molar-refractivity contribution in [2.75, 3.05) is 13.1 Å². The van der Waals surface area contributed by atoms with Crippen molar-refractivity contribution in [3.63, 3.8) is 0 Å². The highest BCUT2D eigenvalue weighted by Crippen LogP contribution is 2.41. The summed E-state index contributed by atoms with van der Waals surface area (Å²) in [5.41, 5.74) is -0.367. The summed E-state index contributed by atoms with van der Waals surface area (Å²) in [5, 5.41) is 13.1. The highest BCUT2D eigenvalue weighted by atomic mass is 16.3. The first-order valence-electron chi connectivity index (χ1n) is 4.13. The lowest BCUT2D eigenvalue weighted by atomic mass is 9.90. The summed E-state index contributed by atoms with van der Waals surface area (Å²) in [5.74, 6) is 1.29. The fourth-order valence-electron chi connectivity index (χ4n) is 2.43. The van der Waals surface area contributed by atoms with E-state index in [2.05, 4.69) is 5.32 Å². The zero-order valence-electron chi connectivity index (χ0n) is 6.43. The number of rotatable bonds is 0. The first-order valence-corrected chi connectivity index (χ1v) is 4.13. The van der Waals surface area contributed by atoms with Gasteiger partial charge in [-0.25, -0.2) is 0 Å². The van der Waals surface area contributed by atoms with Gasteiger partial charge in [0, 0.05) is 12.5 Å². The van der Waals surface area contributed by atoms with E-state index in [9.17, 15) is 5.11 Å². The van der Waals surface area contributed by atoms with Gasteiger partial charge >= 0.3 is 0 Å². The van der Waals surface area contributed by atoms with E-state index >= 15 is 0 Å². The molecule has 2 heteroatoms. The van der Waals surface area contributed by atoms with Crippen LogP contribution in [-0.2, 0) is 0 Å². The van der Waals surface area contributed by atoms with Crippen molar-refractivity contribution in [3.05, 3.63) is 0 Å². The predicted octanol–water partition coefficient (Wildman–Crippen LogP) is 0.367. The lowest BCUT2D eigenvalue weighted by Gasteiger charge is -2.23. The normalized spacial score (nSPS) is 53.4.